The van der Waals surface area contributed by atoms with Crippen LogP contribution in [0.5, 0.6) is 0 Å². The van der Waals surface area contributed by atoms with E-state index in [4.69, 9.17) is 5.73 Å². The van der Waals surface area contributed by atoms with Gasteiger partial charge in [0.25, 0.3) is 0 Å². The molecule has 0 bridgehead atoms. The number of piperidine rings is 1. The van der Waals surface area contributed by atoms with Gasteiger partial charge < -0.3 is 5.73 Å². The topological polar surface area (TPSA) is 29.3 Å². The summed E-state index contributed by atoms with van der Waals surface area (Å²) in [5, 5.41) is 0. The van der Waals surface area contributed by atoms with Gasteiger partial charge in [0.15, 0.2) is 0 Å². The van der Waals surface area contributed by atoms with E-state index in [1.54, 1.807) is 0 Å². The van der Waals surface area contributed by atoms with E-state index in [1.807, 2.05) is 0 Å². The lowest BCUT2D eigenvalue weighted by molar-refractivity contribution is 0.117. The average molecular weight is 274 g/mol. The predicted octanol–water partition coefficient (Wildman–Crippen LogP) is 3.67. The van der Waals surface area contributed by atoms with Gasteiger partial charge in [0.1, 0.15) is 0 Å². The average Bonchev–Trinajstić information content (AvgIpc) is 2.39. The molecule has 0 aliphatic carbocycles. The Balaban J connectivity index is 2.09. The van der Waals surface area contributed by atoms with Gasteiger partial charge >= 0.3 is 0 Å². The highest BCUT2D eigenvalue weighted by molar-refractivity contribution is 5.31. The SMILES string of the molecule is Cc1cc(C)cc(C(CN)N2CCC(C(C)C)CC2)c1. The molecule has 1 heterocycles. The number of aryl methyl sites for hydroxylation is 2. The molecule has 1 fully saturated rings. The number of rotatable bonds is 4. The van der Waals surface area contributed by atoms with Crippen LogP contribution in [0.2, 0.25) is 0 Å². The molecule has 0 radical (unpaired) electrons. The first-order chi connectivity index (χ1) is 9.51. The molecule has 112 valence electrons. The Morgan fingerprint density at radius 3 is 2.10 bits per heavy atom. The summed E-state index contributed by atoms with van der Waals surface area (Å²) in [7, 11) is 0. The van der Waals surface area contributed by atoms with Gasteiger partial charge in [0.05, 0.1) is 0 Å². The number of nitrogens with two attached hydrogens (primary N) is 1. The summed E-state index contributed by atoms with van der Waals surface area (Å²) in [5.74, 6) is 1.71. The Kier molecular flexibility index (Phi) is 5.22. The van der Waals surface area contributed by atoms with Gasteiger partial charge in [-0.1, -0.05) is 43.2 Å². The molecule has 0 spiro atoms. The molecule has 0 saturated carbocycles. The molecule has 1 aliphatic heterocycles. The molecule has 2 rings (SSSR count). The Hall–Kier alpha value is -0.860. The summed E-state index contributed by atoms with van der Waals surface area (Å²) in [6.45, 7) is 12.2. The maximum absolute atomic E-state index is 6.09. The molecule has 1 saturated heterocycles. The zero-order chi connectivity index (χ0) is 14.7. The van der Waals surface area contributed by atoms with Gasteiger partial charge in [-0.3, -0.25) is 4.90 Å². The van der Waals surface area contributed by atoms with Crippen molar-refractivity contribution in [2.24, 2.45) is 17.6 Å². The number of hydrogen-bond donors (Lipinski definition) is 1. The lowest BCUT2D eigenvalue weighted by Crippen LogP contribution is -2.40. The van der Waals surface area contributed by atoms with E-state index in [-0.39, 0.29) is 0 Å². The quantitative estimate of drug-likeness (QED) is 0.907. The van der Waals surface area contributed by atoms with Crippen molar-refractivity contribution in [1.29, 1.82) is 0 Å². The fraction of sp³-hybridized carbons (Fsp3) is 0.667. The third kappa shape index (κ3) is 3.62. The second kappa shape index (κ2) is 6.73. The van der Waals surface area contributed by atoms with Crippen molar-refractivity contribution in [1.82, 2.24) is 4.90 Å². The largest absolute Gasteiger partial charge is 0.329 e. The van der Waals surface area contributed by atoms with Gasteiger partial charge in [-0.2, -0.15) is 0 Å². The van der Waals surface area contributed by atoms with Crippen molar-refractivity contribution < 1.29 is 0 Å². The Bertz CT molecular complexity index is 411. The van der Waals surface area contributed by atoms with Crippen LogP contribution in [0.4, 0.5) is 0 Å². The van der Waals surface area contributed by atoms with Crippen LogP contribution in [-0.2, 0) is 0 Å². The molecule has 1 unspecified atom stereocenters. The van der Waals surface area contributed by atoms with Crippen molar-refractivity contribution in [2.45, 2.75) is 46.6 Å². The number of benzene rings is 1. The summed E-state index contributed by atoms with van der Waals surface area (Å²) < 4.78 is 0. The first-order valence-electron chi connectivity index (χ1n) is 8.03. The van der Waals surface area contributed by atoms with Crippen LogP contribution >= 0.6 is 0 Å². The Morgan fingerprint density at radius 1 is 1.10 bits per heavy atom. The van der Waals surface area contributed by atoms with Crippen molar-refractivity contribution in [2.75, 3.05) is 19.6 Å². The van der Waals surface area contributed by atoms with Gasteiger partial charge in [0, 0.05) is 12.6 Å². The van der Waals surface area contributed by atoms with Gasteiger partial charge in [-0.15, -0.1) is 0 Å². The minimum atomic E-state index is 0.390. The van der Waals surface area contributed by atoms with E-state index in [0.29, 0.717) is 6.04 Å². The highest BCUT2D eigenvalue weighted by Gasteiger charge is 2.26. The van der Waals surface area contributed by atoms with Crippen LogP contribution in [-0.4, -0.2) is 24.5 Å². The third-order valence-electron chi connectivity index (χ3n) is 4.81. The smallest absolute Gasteiger partial charge is 0.0470 e. The first kappa shape index (κ1) is 15.5. The maximum atomic E-state index is 6.09. The number of nitrogens with zero attached hydrogens (tertiary/aromatic N) is 1. The zero-order valence-corrected chi connectivity index (χ0v) is 13.5. The normalized spacial score (nSPS) is 19.5. The summed E-state index contributed by atoms with van der Waals surface area (Å²) >= 11 is 0. The van der Waals surface area contributed by atoms with E-state index in [1.165, 1.54) is 42.6 Å². The molecule has 0 aromatic heterocycles. The Morgan fingerprint density at radius 2 is 1.65 bits per heavy atom. The predicted molar refractivity (Wildman–Crippen MR) is 86.8 cm³/mol. The Labute approximate surface area is 124 Å². The van der Waals surface area contributed by atoms with E-state index < -0.39 is 0 Å². The van der Waals surface area contributed by atoms with E-state index >= 15 is 0 Å². The highest BCUT2D eigenvalue weighted by atomic mass is 15.2. The van der Waals surface area contributed by atoms with Crippen molar-refractivity contribution in [3.8, 4) is 0 Å². The molecule has 0 amide bonds. The van der Waals surface area contributed by atoms with Crippen LogP contribution < -0.4 is 5.73 Å². The van der Waals surface area contributed by atoms with Gasteiger partial charge in [-0.05, 0) is 57.2 Å². The van der Waals surface area contributed by atoms with Gasteiger partial charge in [-0.25, -0.2) is 0 Å². The maximum Gasteiger partial charge on any atom is 0.0470 e. The molecule has 20 heavy (non-hydrogen) atoms. The second-order valence-corrected chi connectivity index (χ2v) is 6.79. The third-order valence-corrected chi connectivity index (χ3v) is 4.81. The monoisotopic (exact) mass is 274 g/mol. The fourth-order valence-electron chi connectivity index (χ4n) is 3.60. The summed E-state index contributed by atoms with van der Waals surface area (Å²) in [6, 6.07) is 7.24. The van der Waals surface area contributed by atoms with Crippen LogP contribution in [0.15, 0.2) is 18.2 Å². The number of likely N-dealkylation sites (tertiary alicyclic amines) is 1. The summed E-state index contributed by atoms with van der Waals surface area (Å²) in [6.07, 6.45) is 2.64. The molecular weight excluding hydrogens is 244 g/mol. The number of hydrogen-bond acceptors (Lipinski definition) is 2. The summed E-state index contributed by atoms with van der Waals surface area (Å²) in [5.41, 5.74) is 10.2. The van der Waals surface area contributed by atoms with Crippen molar-refractivity contribution in [3.63, 3.8) is 0 Å². The van der Waals surface area contributed by atoms with Crippen LogP contribution in [0.3, 0.4) is 0 Å². The minimum absolute atomic E-state index is 0.390. The standard InChI is InChI=1S/C18H30N2/c1-13(2)16-5-7-20(8-6-16)18(12-19)17-10-14(3)9-15(4)11-17/h9-11,13,16,18H,5-8,12,19H2,1-4H3. The molecule has 2 nitrogen and oxygen atoms in total. The van der Waals surface area contributed by atoms with Crippen LogP contribution in [0, 0.1) is 25.7 Å². The molecule has 2 N–H and O–H groups in total. The highest BCUT2D eigenvalue weighted by Crippen LogP contribution is 2.30. The molecule has 2 heteroatoms. The van der Waals surface area contributed by atoms with Crippen molar-refractivity contribution >= 4 is 0 Å². The van der Waals surface area contributed by atoms with E-state index in [2.05, 4.69) is 50.8 Å². The molecule has 1 aliphatic rings. The van der Waals surface area contributed by atoms with Gasteiger partial charge in [0.2, 0.25) is 0 Å². The van der Waals surface area contributed by atoms with E-state index in [0.717, 1.165) is 18.4 Å². The van der Waals surface area contributed by atoms with Crippen LogP contribution in [0.25, 0.3) is 0 Å². The fourth-order valence-corrected chi connectivity index (χ4v) is 3.60. The molecule has 1 atom stereocenters. The second-order valence-electron chi connectivity index (χ2n) is 6.79. The molecule has 1 aromatic carbocycles. The summed E-state index contributed by atoms with van der Waals surface area (Å²) in [4.78, 5) is 2.59. The molecule has 1 aromatic rings. The van der Waals surface area contributed by atoms with Crippen LogP contribution in [0.1, 0.15) is 49.4 Å². The van der Waals surface area contributed by atoms with E-state index in [9.17, 15) is 0 Å². The van der Waals surface area contributed by atoms with Crippen molar-refractivity contribution in [3.05, 3.63) is 34.9 Å². The zero-order valence-electron chi connectivity index (χ0n) is 13.5. The minimum Gasteiger partial charge on any atom is -0.329 e. The lowest BCUT2D eigenvalue weighted by Gasteiger charge is -2.38. The first-order valence-corrected chi connectivity index (χ1v) is 8.03. The lowest BCUT2D eigenvalue weighted by atomic mass is 9.85. The molecular formula is C18H30N2.